The van der Waals surface area contributed by atoms with E-state index in [0.717, 1.165) is 24.7 Å². The van der Waals surface area contributed by atoms with Crippen LogP contribution in [0.15, 0.2) is 18.2 Å². The molecule has 17 heavy (non-hydrogen) atoms. The summed E-state index contributed by atoms with van der Waals surface area (Å²) in [4.78, 5) is 0. The fourth-order valence-electron chi connectivity index (χ4n) is 1.47. The van der Waals surface area contributed by atoms with Gasteiger partial charge in [-0.3, -0.25) is 0 Å². The van der Waals surface area contributed by atoms with Crippen molar-refractivity contribution in [1.82, 2.24) is 5.32 Å². The summed E-state index contributed by atoms with van der Waals surface area (Å²) in [6.07, 6.45) is 0.505. The van der Waals surface area contributed by atoms with Crippen LogP contribution in [0.2, 0.25) is 0 Å². The molecular weight excluding hydrogens is 228 g/mol. The Morgan fingerprint density at radius 1 is 1.41 bits per heavy atom. The maximum absolute atomic E-state index is 13.2. The summed E-state index contributed by atoms with van der Waals surface area (Å²) in [5.74, 6) is -1.24. The van der Waals surface area contributed by atoms with Crippen molar-refractivity contribution in [3.63, 3.8) is 0 Å². The van der Waals surface area contributed by atoms with Gasteiger partial charge in [0.2, 0.25) is 0 Å². The van der Waals surface area contributed by atoms with Crippen LogP contribution in [0.5, 0.6) is 5.75 Å². The molecule has 0 saturated heterocycles. The lowest BCUT2D eigenvalue weighted by Gasteiger charge is -2.17. The summed E-state index contributed by atoms with van der Waals surface area (Å²) in [5, 5.41) is 11.9. The minimum absolute atomic E-state index is 0.0205. The molecule has 0 saturated carbocycles. The summed E-state index contributed by atoms with van der Waals surface area (Å²) in [6, 6.07) is 3.00. The zero-order valence-corrected chi connectivity index (χ0v) is 9.75. The number of nitrogens with one attached hydrogen (secondary N) is 1. The third-order valence-electron chi connectivity index (χ3n) is 2.30. The number of aliphatic hydroxyl groups is 1. The highest BCUT2D eigenvalue weighted by Crippen LogP contribution is 2.18. The first-order valence-corrected chi connectivity index (χ1v) is 5.59. The number of likely N-dealkylation sites (N-methyl/N-ethyl adjacent to an activating group) is 1. The Bertz CT molecular complexity index is 341. The Hall–Kier alpha value is -1.20. The molecule has 0 aliphatic carbocycles. The molecule has 1 atom stereocenters. The molecule has 0 radical (unpaired) electrons. The minimum atomic E-state index is -0.592. The van der Waals surface area contributed by atoms with Gasteiger partial charge in [0, 0.05) is 18.7 Å². The summed E-state index contributed by atoms with van der Waals surface area (Å²) >= 11 is 0. The third-order valence-corrected chi connectivity index (χ3v) is 2.30. The van der Waals surface area contributed by atoms with Crippen LogP contribution in [0, 0.1) is 11.6 Å². The minimum Gasteiger partial charge on any atom is -0.489 e. The van der Waals surface area contributed by atoms with E-state index in [2.05, 4.69) is 5.32 Å². The molecule has 0 heterocycles. The van der Waals surface area contributed by atoms with E-state index in [-0.39, 0.29) is 25.0 Å². The quantitative estimate of drug-likeness (QED) is 0.768. The first kappa shape index (κ1) is 13.9. The largest absolute Gasteiger partial charge is 0.489 e. The molecule has 0 aliphatic heterocycles. The Morgan fingerprint density at radius 2 is 2.18 bits per heavy atom. The lowest BCUT2D eigenvalue weighted by Crippen LogP contribution is -2.35. The molecule has 1 rings (SSSR count). The molecule has 0 spiro atoms. The Morgan fingerprint density at radius 3 is 2.82 bits per heavy atom. The topological polar surface area (TPSA) is 41.5 Å². The fraction of sp³-hybridized carbons (Fsp3) is 0.500. The first-order chi connectivity index (χ1) is 8.17. The number of ether oxygens (including phenoxy) is 1. The van der Waals surface area contributed by atoms with Crippen LogP contribution < -0.4 is 10.1 Å². The van der Waals surface area contributed by atoms with Gasteiger partial charge in [-0.05, 0) is 25.1 Å². The summed E-state index contributed by atoms with van der Waals surface area (Å²) < 4.78 is 31.3. The van der Waals surface area contributed by atoms with Crippen molar-refractivity contribution < 1.29 is 18.6 Å². The van der Waals surface area contributed by atoms with Crippen LogP contribution in [0.4, 0.5) is 8.78 Å². The van der Waals surface area contributed by atoms with E-state index in [9.17, 15) is 8.78 Å². The normalized spacial score (nSPS) is 12.5. The van der Waals surface area contributed by atoms with E-state index in [4.69, 9.17) is 9.84 Å². The van der Waals surface area contributed by atoms with Gasteiger partial charge >= 0.3 is 0 Å². The van der Waals surface area contributed by atoms with Crippen molar-refractivity contribution in [3.05, 3.63) is 29.8 Å². The number of benzene rings is 1. The van der Waals surface area contributed by atoms with E-state index >= 15 is 0 Å². The zero-order valence-electron chi connectivity index (χ0n) is 9.75. The lowest BCUT2D eigenvalue weighted by molar-refractivity contribution is 0.210. The van der Waals surface area contributed by atoms with Gasteiger partial charge in [0.1, 0.15) is 12.4 Å². The molecule has 1 unspecified atom stereocenters. The van der Waals surface area contributed by atoms with Crippen LogP contribution in [0.3, 0.4) is 0 Å². The average molecular weight is 245 g/mol. The van der Waals surface area contributed by atoms with Gasteiger partial charge in [-0.15, -0.1) is 0 Å². The van der Waals surface area contributed by atoms with Crippen molar-refractivity contribution in [2.45, 2.75) is 19.4 Å². The number of rotatable bonds is 7. The fourth-order valence-corrected chi connectivity index (χ4v) is 1.47. The van der Waals surface area contributed by atoms with Crippen LogP contribution in [-0.2, 0) is 0 Å². The molecule has 1 aromatic rings. The monoisotopic (exact) mass is 245 g/mol. The number of halogens is 2. The Balaban J connectivity index is 2.55. The molecular formula is C12H17F2NO2. The summed E-state index contributed by atoms with van der Waals surface area (Å²) in [6.45, 7) is 2.86. The van der Waals surface area contributed by atoms with E-state index in [1.54, 1.807) is 0 Å². The van der Waals surface area contributed by atoms with E-state index in [1.807, 2.05) is 6.92 Å². The van der Waals surface area contributed by atoms with Gasteiger partial charge in [0.25, 0.3) is 0 Å². The summed E-state index contributed by atoms with van der Waals surface area (Å²) in [7, 11) is 0. The SMILES string of the molecule is CCNC(CCO)COc1cc(F)ccc1F. The highest BCUT2D eigenvalue weighted by molar-refractivity contribution is 5.24. The molecule has 0 fully saturated rings. The highest BCUT2D eigenvalue weighted by Gasteiger charge is 2.10. The zero-order chi connectivity index (χ0) is 12.7. The average Bonchev–Trinajstić information content (AvgIpc) is 2.30. The van der Waals surface area contributed by atoms with E-state index < -0.39 is 11.6 Å². The number of hydrogen-bond acceptors (Lipinski definition) is 3. The maximum Gasteiger partial charge on any atom is 0.165 e. The van der Waals surface area contributed by atoms with Gasteiger partial charge in [-0.25, -0.2) is 8.78 Å². The number of hydrogen-bond donors (Lipinski definition) is 2. The predicted molar refractivity (Wildman–Crippen MR) is 61.0 cm³/mol. The van der Waals surface area contributed by atoms with Gasteiger partial charge in [0.05, 0.1) is 0 Å². The second kappa shape index (κ2) is 7.19. The molecule has 0 aromatic heterocycles. The molecule has 96 valence electrons. The summed E-state index contributed by atoms with van der Waals surface area (Å²) in [5.41, 5.74) is 0. The van der Waals surface area contributed by atoms with Crippen molar-refractivity contribution in [1.29, 1.82) is 0 Å². The Kier molecular flexibility index (Phi) is 5.86. The molecule has 1 aromatic carbocycles. The van der Waals surface area contributed by atoms with Crippen LogP contribution in [0.1, 0.15) is 13.3 Å². The lowest BCUT2D eigenvalue weighted by atomic mass is 10.2. The van der Waals surface area contributed by atoms with Crippen LogP contribution >= 0.6 is 0 Å². The number of aliphatic hydroxyl groups excluding tert-OH is 1. The van der Waals surface area contributed by atoms with Crippen molar-refractivity contribution in [2.75, 3.05) is 19.8 Å². The Labute approximate surface area is 99.4 Å². The first-order valence-electron chi connectivity index (χ1n) is 5.59. The standard InChI is InChI=1S/C12H17F2NO2/c1-2-15-10(5-6-16)8-17-12-7-9(13)3-4-11(12)14/h3-4,7,10,15-16H,2,5-6,8H2,1H3. The van der Waals surface area contributed by atoms with Crippen LogP contribution in [0.25, 0.3) is 0 Å². The van der Waals surface area contributed by atoms with E-state index in [0.29, 0.717) is 6.42 Å². The van der Waals surface area contributed by atoms with Gasteiger partial charge in [-0.2, -0.15) is 0 Å². The molecule has 5 heteroatoms. The van der Waals surface area contributed by atoms with Crippen molar-refractivity contribution in [2.24, 2.45) is 0 Å². The molecule has 0 amide bonds. The molecule has 2 N–H and O–H groups in total. The second-order valence-corrected chi connectivity index (χ2v) is 3.65. The second-order valence-electron chi connectivity index (χ2n) is 3.65. The molecule has 0 bridgehead atoms. The van der Waals surface area contributed by atoms with Gasteiger partial charge < -0.3 is 15.2 Å². The van der Waals surface area contributed by atoms with Crippen LogP contribution in [-0.4, -0.2) is 30.9 Å². The molecule has 0 aliphatic rings. The third kappa shape index (κ3) is 4.66. The smallest absolute Gasteiger partial charge is 0.165 e. The maximum atomic E-state index is 13.2. The van der Waals surface area contributed by atoms with E-state index in [1.165, 1.54) is 0 Å². The van der Waals surface area contributed by atoms with Crippen molar-refractivity contribution in [3.8, 4) is 5.75 Å². The van der Waals surface area contributed by atoms with Gasteiger partial charge in [-0.1, -0.05) is 6.92 Å². The predicted octanol–water partition coefficient (Wildman–Crippen LogP) is 1.70. The highest BCUT2D eigenvalue weighted by atomic mass is 19.1. The van der Waals surface area contributed by atoms with Crippen molar-refractivity contribution >= 4 is 0 Å². The van der Waals surface area contributed by atoms with Gasteiger partial charge in [0.15, 0.2) is 11.6 Å². The molecule has 3 nitrogen and oxygen atoms in total.